The molecule has 140 valence electrons. The van der Waals surface area contributed by atoms with Gasteiger partial charge in [-0.15, -0.1) is 12.4 Å². The van der Waals surface area contributed by atoms with Crippen molar-refractivity contribution in [2.24, 2.45) is 0 Å². The topological polar surface area (TPSA) is 59.6 Å². The van der Waals surface area contributed by atoms with Gasteiger partial charge in [0.2, 0.25) is 5.91 Å². The van der Waals surface area contributed by atoms with Crippen molar-refractivity contribution in [1.82, 2.24) is 10.6 Å². The summed E-state index contributed by atoms with van der Waals surface area (Å²) in [6.07, 6.45) is 0. The van der Waals surface area contributed by atoms with Crippen LogP contribution in [-0.2, 0) is 34.0 Å². The lowest BCUT2D eigenvalue weighted by molar-refractivity contribution is -0.126. The van der Waals surface area contributed by atoms with Gasteiger partial charge in [-0.25, -0.2) is 0 Å². The van der Waals surface area contributed by atoms with Gasteiger partial charge in [0.1, 0.15) is 6.04 Å². The molecule has 2 aromatic rings. The van der Waals surface area contributed by atoms with Gasteiger partial charge in [-0.1, -0.05) is 54.6 Å². The number of morpholine rings is 1. The maximum Gasteiger partial charge on any atom is 0.239 e. The first-order chi connectivity index (χ1) is 12.3. The molecule has 1 unspecified atom stereocenters. The van der Waals surface area contributed by atoms with Gasteiger partial charge in [-0.05, 0) is 16.7 Å². The van der Waals surface area contributed by atoms with Crippen LogP contribution in [-0.4, -0.2) is 31.7 Å². The van der Waals surface area contributed by atoms with E-state index in [1.807, 2.05) is 54.6 Å². The Bertz CT molecular complexity index is 676. The van der Waals surface area contributed by atoms with Crippen LogP contribution in [0.1, 0.15) is 16.7 Å². The Morgan fingerprint density at radius 3 is 2.54 bits per heavy atom. The molecule has 0 radical (unpaired) electrons. The number of hydrogen-bond donors (Lipinski definition) is 2. The predicted molar refractivity (Wildman–Crippen MR) is 103 cm³/mol. The molecule has 26 heavy (non-hydrogen) atoms. The molecule has 0 bridgehead atoms. The minimum absolute atomic E-state index is 0. The van der Waals surface area contributed by atoms with E-state index in [0.717, 1.165) is 16.7 Å². The second kappa shape index (κ2) is 10.9. The number of carbonyl (C=O) groups excluding carboxylic acids is 1. The van der Waals surface area contributed by atoms with Crippen molar-refractivity contribution < 1.29 is 14.3 Å². The van der Waals surface area contributed by atoms with Crippen molar-refractivity contribution >= 4 is 18.3 Å². The molecule has 3 rings (SSSR count). The number of ether oxygens (including phenoxy) is 2. The monoisotopic (exact) mass is 376 g/mol. The van der Waals surface area contributed by atoms with Gasteiger partial charge in [-0.3, -0.25) is 4.79 Å². The van der Waals surface area contributed by atoms with Gasteiger partial charge in [0.25, 0.3) is 0 Å². The van der Waals surface area contributed by atoms with E-state index in [4.69, 9.17) is 9.47 Å². The third-order valence-corrected chi connectivity index (χ3v) is 4.18. The van der Waals surface area contributed by atoms with Crippen LogP contribution in [0.25, 0.3) is 0 Å². The fraction of sp³-hybridized carbons (Fsp3) is 0.350. The Labute approximate surface area is 160 Å². The van der Waals surface area contributed by atoms with Crippen LogP contribution in [0.5, 0.6) is 0 Å². The zero-order valence-electron chi connectivity index (χ0n) is 14.6. The molecule has 2 aromatic carbocycles. The molecule has 6 heteroatoms. The van der Waals surface area contributed by atoms with E-state index in [-0.39, 0.29) is 24.4 Å². The Morgan fingerprint density at radius 1 is 1.08 bits per heavy atom. The second-order valence-corrected chi connectivity index (χ2v) is 6.05. The van der Waals surface area contributed by atoms with Crippen LogP contribution in [0.4, 0.5) is 0 Å². The zero-order chi connectivity index (χ0) is 17.3. The van der Waals surface area contributed by atoms with Crippen LogP contribution >= 0.6 is 12.4 Å². The summed E-state index contributed by atoms with van der Waals surface area (Å²) in [5.41, 5.74) is 3.31. The maximum absolute atomic E-state index is 12.2. The van der Waals surface area contributed by atoms with E-state index in [1.165, 1.54) is 0 Å². The normalized spacial score (nSPS) is 16.5. The maximum atomic E-state index is 12.2. The highest BCUT2D eigenvalue weighted by Crippen LogP contribution is 2.12. The molecule has 5 nitrogen and oxygen atoms in total. The number of carbonyl (C=O) groups is 1. The molecule has 0 saturated carbocycles. The fourth-order valence-electron chi connectivity index (χ4n) is 2.76. The minimum Gasteiger partial charge on any atom is -0.378 e. The second-order valence-electron chi connectivity index (χ2n) is 6.05. The van der Waals surface area contributed by atoms with Gasteiger partial charge < -0.3 is 20.1 Å². The number of amides is 1. The van der Waals surface area contributed by atoms with Crippen LogP contribution in [0.15, 0.2) is 54.6 Å². The summed E-state index contributed by atoms with van der Waals surface area (Å²) in [5, 5.41) is 6.14. The van der Waals surface area contributed by atoms with E-state index < -0.39 is 0 Å². The first-order valence-corrected chi connectivity index (χ1v) is 8.60. The highest BCUT2D eigenvalue weighted by atomic mass is 35.5. The summed E-state index contributed by atoms with van der Waals surface area (Å²) in [5.74, 6) is -0.0280. The van der Waals surface area contributed by atoms with E-state index >= 15 is 0 Å². The number of rotatable bonds is 7. The third kappa shape index (κ3) is 6.11. The molecule has 0 aliphatic carbocycles. The van der Waals surface area contributed by atoms with Crippen molar-refractivity contribution in [2.45, 2.75) is 25.8 Å². The molecule has 1 heterocycles. The first-order valence-electron chi connectivity index (χ1n) is 8.60. The van der Waals surface area contributed by atoms with Gasteiger partial charge >= 0.3 is 0 Å². The molecule has 1 aliphatic heterocycles. The van der Waals surface area contributed by atoms with Crippen molar-refractivity contribution in [3.63, 3.8) is 0 Å². The van der Waals surface area contributed by atoms with Gasteiger partial charge in [0, 0.05) is 13.1 Å². The molecular formula is C20H25ClN2O3. The Morgan fingerprint density at radius 2 is 1.81 bits per heavy atom. The third-order valence-electron chi connectivity index (χ3n) is 4.18. The number of hydrogen-bond acceptors (Lipinski definition) is 4. The summed E-state index contributed by atoms with van der Waals surface area (Å²) in [4.78, 5) is 12.2. The van der Waals surface area contributed by atoms with E-state index in [0.29, 0.717) is 39.5 Å². The summed E-state index contributed by atoms with van der Waals surface area (Å²) >= 11 is 0. The van der Waals surface area contributed by atoms with Crippen LogP contribution < -0.4 is 10.6 Å². The lowest BCUT2D eigenvalue weighted by atomic mass is 10.1. The van der Waals surface area contributed by atoms with Crippen LogP contribution in [0.3, 0.4) is 0 Å². The summed E-state index contributed by atoms with van der Waals surface area (Å²) < 4.78 is 11.2. The molecule has 1 saturated heterocycles. The van der Waals surface area contributed by atoms with E-state index in [2.05, 4.69) is 10.6 Å². The SMILES string of the molecule is Cl.O=C(NCc1ccccc1COCc1ccccc1)C1COCCN1. The summed E-state index contributed by atoms with van der Waals surface area (Å²) in [7, 11) is 0. The Balaban J connectivity index is 0.00000243. The van der Waals surface area contributed by atoms with Crippen molar-refractivity contribution in [3.05, 3.63) is 71.3 Å². The van der Waals surface area contributed by atoms with E-state index in [1.54, 1.807) is 0 Å². The lowest BCUT2D eigenvalue weighted by Gasteiger charge is -2.23. The quantitative estimate of drug-likeness (QED) is 0.779. The van der Waals surface area contributed by atoms with Crippen molar-refractivity contribution in [2.75, 3.05) is 19.8 Å². The standard InChI is InChI=1S/C20H24N2O3.ClH/c23-20(19-15-24-11-10-21-19)22-12-17-8-4-5-9-18(17)14-25-13-16-6-2-1-3-7-16;/h1-9,19,21H,10-15H2,(H,22,23);1H. The summed E-state index contributed by atoms with van der Waals surface area (Å²) in [6, 6.07) is 17.9. The van der Waals surface area contributed by atoms with Gasteiger partial charge in [0.15, 0.2) is 0 Å². The zero-order valence-corrected chi connectivity index (χ0v) is 15.5. The van der Waals surface area contributed by atoms with E-state index in [9.17, 15) is 4.79 Å². The number of halogens is 1. The number of benzene rings is 2. The number of nitrogens with one attached hydrogen (secondary N) is 2. The average molecular weight is 377 g/mol. The molecule has 1 atom stereocenters. The Kier molecular flexibility index (Phi) is 8.58. The summed E-state index contributed by atoms with van der Waals surface area (Å²) in [6.45, 7) is 3.37. The van der Waals surface area contributed by atoms with Crippen LogP contribution in [0, 0.1) is 0 Å². The minimum atomic E-state index is -0.268. The smallest absolute Gasteiger partial charge is 0.239 e. The highest BCUT2D eigenvalue weighted by molar-refractivity contribution is 5.85. The largest absolute Gasteiger partial charge is 0.378 e. The van der Waals surface area contributed by atoms with Gasteiger partial charge in [0.05, 0.1) is 26.4 Å². The molecule has 1 fully saturated rings. The predicted octanol–water partition coefficient (Wildman–Crippen LogP) is 2.43. The average Bonchev–Trinajstić information content (AvgIpc) is 2.68. The van der Waals surface area contributed by atoms with Crippen LogP contribution in [0.2, 0.25) is 0 Å². The fourth-order valence-corrected chi connectivity index (χ4v) is 2.76. The first kappa shape index (κ1) is 20.4. The molecular weight excluding hydrogens is 352 g/mol. The Hall–Kier alpha value is -1.92. The lowest BCUT2D eigenvalue weighted by Crippen LogP contribution is -2.51. The molecule has 0 aromatic heterocycles. The van der Waals surface area contributed by atoms with Gasteiger partial charge in [-0.2, -0.15) is 0 Å². The molecule has 0 spiro atoms. The molecule has 1 amide bonds. The van der Waals surface area contributed by atoms with Crippen molar-refractivity contribution in [3.8, 4) is 0 Å². The molecule has 2 N–H and O–H groups in total. The molecule has 1 aliphatic rings. The van der Waals surface area contributed by atoms with Crippen molar-refractivity contribution in [1.29, 1.82) is 0 Å². The highest BCUT2D eigenvalue weighted by Gasteiger charge is 2.20.